The van der Waals surface area contributed by atoms with Gasteiger partial charge in [0.25, 0.3) is 10.0 Å². The molecule has 0 aromatic carbocycles. The van der Waals surface area contributed by atoms with Crippen molar-refractivity contribution < 1.29 is 8.42 Å². The molecular weight excluding hydrogens is 292 g/mol. The van der Waals surface area contributed by atoms with E-state index >= 15 is 0 Å². The second-order valence-corrected chi connectivity index (χ2v) is 9.24. The first kappa shape index (κ1) is 15.9. The smallest absolute Gasteiger partial charge is 0.252 e. The number of hydrogen-bond donors (Lipinski definition) is 1. The van der Waals surface area contributed by atoms with Crippen LogP contribution in [0.3, 0.4) is 0 Å². The van der Waals surface area contributed by atoms with Gasteiger partial charge in [-0.2, -0.15) is 4.31 Å². The van der Waals surface area contributed by atoms with Crippen molar-refractivity contribution >= 4 is 21.4 Å². The largest absolute Gasteiger partial charge is 0.313 e. The number of thiophene rings is 1. The van der Waals surface area contributed by atoms with Crippen LogP contribution in [0.1, 0.15) is 39.2 Å². The van der Waals surface area contributed by atoms with Crippen LogP contribution < -0.4 is 5.32 Å². The molecule has 0 atom stereocenters. The highest BCUT2D eigenvalue weighted by Crippen LogP contribution is 2.33. The minimum Gasteiger partial charge on any atom is -0.313 e. The van der Waals surface area contributed by atoms with Crippen LogP contribution in [0.15, 0.2) is 15.7 Å². The minimum atomic E-state index is -3.31. The number of sulfonamides is 1. The maximum atomic E-state index is 12.7. The van der Waals surface area contributed by atoms with Crippen molar-refractivity contribution in [1.82, 2.24) is 9.62 Å². The highest BCUT2D eigenvalue weighted by Gasteiger charge is 2.34. The predicted molar refractivity (Wildman–Crippen MR) is 83.5 cm³/mol. The summed E-state index contributed by atoms with van der Waals surface area (Å²) in [5, 5.41) is 5.16. The SMILES string of the molecule is CCNCc1csc(S(=O)(=O)N2CCCC(C)(C)C2)c1. The first-order valence-corrected chi connectivity index (χ1v) is 9.45. The van der Waals surface area contributed by atoms with Gasteiger partial charge in [-0.15, -0.1) is 11.3 Å². The van der Waals surface area contributed by atoms with Crippen LogP contribution in [0.5, 0.6) is 0 Å². The third kappa shape index (κ3) is 3.61. The molecule has 2 heterocycles. The van der Waals surface area contributed by atoms with Gasteiger partial charge in [-0.1, -0.05) is 20.8 Å². The second kappa shape index (κ2) is 6.13. The van der Waals surface area contributed by atoms with E-state index in [1.165, 1.54) is 11.3 Å². The third-order valence-corrected chi connectivity index (χ3v) is 6.98. The molecule has 1 aliphatic rings. The Bertz CT molecular complexity index is 549. The zero-order chi connectivity index (χ0) is 14.8. The average molecular weight is 316 g/mol. The van der Waals surface area contributed by atoms with E-state index in [0.717, 1.165) is 31.5 Å². The van der Waals surface area contributed by atoms with Gasteiger partial charge in [-0.3, -0.25) is 0 Å². The Hall–Kier alpha value is -0.430. The van der Waals surface area contributed by atoms with Gasteiger partial charge in [0, 0.05) is 19.6 Å². The molecule has 0 bridgehead atoms. The molecule has 1 aliphatic heterocycles. The number of nitrogens with zero attached hydrogens (tertiary/aromatic N) is 1. The summed E-state index contributed by atoms with van der Waals surface area (Å²) in [5.41, 5.74) is 1.13. The molecule has 0 saturated carbocycles. The minimum absolute atomic E-state index is 0.0785. The van der Waals surface area contributed by atoms with Gasteiger partial charge in [-0.05, 0) is 41.8 Å². The first-order valence-electron chi connectivity index (χ1n) is 7.13. The van der Waals surface area contributed by atoms with Crippen LogP contribution in [0.2, 0.25) is 0 Å². The van der Waals surface area contributed by atoms with E-state index < -0.39 is 10.0 Å². The summed E-state index contributed by atoms with van der Waals surface area (Å²) in [4.78, 5) is 0. The quantitative estimate of drug-likeness (QED) is 0.908. The third-order valence-electron chi connectivity index (χ3n) is 3.67. The number of hydrogen-bond acceptors (Lipinski definition) is 4. The standard InChI is InChI=1S/C14H24N2O2S2/c1-4-15-9-12-8-13(19-10-12)20(17,18)16-7-5-6-14(2,3)11-16/h8,10,15H,4-7,9,11H2,1-3H3. The van der Waals surface area contributed by atoms with Gasteiger partial charge < -0.3 is 5.32 Å². The van der Waals surface area contributed by atoms with Crippen LogP contribution in [0, 0.1) is 5.41 Å². The van der Waals surface area contributed by atoms with Crippen molar-refractivity contribution in [2.75, 3.05) is 19.6 Å². The Morgan fingerprint density at radius 3 is 2.85 bits per heavy atom. The molecule has 2 rings (SSSR count). The predicted octanol–water partition coefficient (Wildman–Crippen LogP) is 2.67. The topological polar surface area (TPSA) is 49.4 Å². The average Bonchev–Trinajstić information content (AvgIpc) is 2.84. The molecule has 0 unspecified atom stereocenters. The number of rotatable bonds is 5. The van der Waals surface area contributed by atoms with Gasteiger partial charge in [0.2, 0.25) is 0 Å². The molecular formula is C14H24N2O2S2. The fraction of sp³-hybridized carbons (Fsp3) is 0.714. The molecule has 1 aromatic heterocycles. The Morgan fingerprint density at radius 2 is 2.20 bits per heavy atom. The molecule has 4 nitrogen and oxygen atoms in total. The summed E-state index contributed by atoms with van der Waals surface area (Å²) in [7, 11) is -3.31. The molecule has 1 saturated heterocycles. The molecule has 6 heteroatoms. The van der Waals surface area contributed by atoms with Crippen LogP contribution >= 0.6 is 11.3 Å². The summed E-state index contributed by atoms with van der Waals surface area (Å²) in [6.07, 6.45) is 2.04. The Labute approximate surface area is 126 Å². The van der Waals surface area contributed by atoms with Crippen LogP contribution in [0.4, 0.5) is 0 Å². The molecule has 20 heavy (non-hydrogen) atoms. The number of nitrogens with one attached hydrogen (secondary N) is 1. The lowest BCUT2D eigenvalue weighted by molar-refractivity contribution is 0.187. The summed E-state index contributed by atoms with van der Waals surface area (Å²) >= 11 is 1.33. The molecule has 1 aromatic rings. The van der Waals surface area contributed by atoms with Crippen LogP contribution in [-0.4, -0.2) is 32.4 Å². The monoisotopic (exact) mass is 316 g/mol. The fourth-order valence-corrected chi connectivity index (χ4v) is 5.58. The van der Waals surface area contributed by atoms with Gasteiger partial charge in [0.05, 0.1) is 0 Å². The Balaban J connectivity index is 2.15. The van der Waals surface area contributed by atoms with E-state index in [2.05, 4.69) is 19.2 Å². The zero-order valence-electron chi connectivity index (χ0n) is 12.5. The van der Waals surface area contributed by atoms with Crippen molar-refractivity contribution in [3.05, 3.63) is 17.0 Å². The second-order valence-electron chi connectivity index (χ2n) is 6.16. The number of piperidine rings is 1. The zero-order valence-corrected chi connectivity index (χ0v) is 14.1. The van der Waals surface area contributed by atoms with Gasteiger partial charge in [-0.25, -0.2) is 8.42 Å². The Kier molecular flexibility index (Phi) is 4.89. The lowest BCUT2D eigenvalue weighted by atomic mass is 9.85. The fourth-order valence-electron chi connectivity index (χ4n) is 2.55. The van der Waals surface area contributed by atoms with Gasteiger partial charge in [0.1, 0.15) is 4.21 Å². The van der Waals surface area contributed by atoms with Crippen molar-refractivity contribution in [1.29, 1.82) is 0 Å². The Morgan fingerprint density at radius 1 is 1.45 bits per heavy atom. The molecule has 114 valence electrons. The normalized spacial score (nSPS) is 20.1. The van der Waals surface area contributed by atoms with Gasteiger partial charge in [0.15, 0.2) is 0 Å². The van der Waals surface area contributed by atoms with E-state index in [-0.39, 0.29) is 5.41 Å². The lowest BCUT2D eigenvalue weighted by Gasteiger charge is -2.36. The highest BCUT2D eigenvalue weighted by atomic mass is 32.2. The van der Waals surface area contributed by atoms with Crippen molar-refractivity contribution in [2.24, 2.45) is 5.41 Å². The van der Waals surface area contributed by atoms with Crippen molar-refractivity contribution in [3.8, 4) is 0 Å². The maximum absolute atomic E-state index is 12.7. The van der Waals surface area contributed by atoms with E-state index in [4.69, 9.17) is 0 Å². The van der Waals surface area contributed by atoms with E-state index in [0.29, 0.717) is 17.3 Å². The summed E-state index contributed by atoms with van der Waals surface area (Å²) in [6.45, 7) is 9.20. The van der Waals surface area contributed by atoms with Crippen LogP contribution in [0.25, 0.3) is 0 Å². The summed E-state index contributed by atoms with van der Waals surface area (Å²) < 4.78 is 27.5. The van der Waals surface area contributed by atoms with Crippen LogP contribution in [-0.2, 0) is 16.6 Å². The maximum Gasteiger partial charge on any atom is 0.252 e. The van der Waals surface area contributed by atoms with Crippen molar-refractivity contribution in [3.63, 3.8) is 0 Å². The molecule has 0 radical (unpaired) electrons. The molecule has 0 amide bonds. The van der Waals surface area contributed by atoms with Crippen molar-refractivity contribution in [2.45, 2.75) is 44.4 Å². The van der Waals surface area contributed by atoms with Gasteiger partial charge >= 0.3 is 0 Å². The summed E-state index contributed by atoms with van der Waals surface area (Å²) in [5.74, 6) is 0. The summed E-state index contributed by atoms with van der Waals surface area (Å²) in [6, 6.07) is 1.81. The molecule has 1 N–H and O–H groups in total. The molecule has 1 fully saturated rings. The van der Waals surface area contributed by atoms with E-state index in [9.17, 15) is 8.42 Å². The van der Waals surface area contributed by atoms with E-state index in [1.54, 1.807) is 4.31 Å². The lowest BCUT2D eigenvalue weighted by Crippen LogP contribution is -2.43. The molecule has 0 aliphatic carbocycles. The highest BCUT2D eigenvalue weighted by molar-refractivity contribution is 7.91. The first-order chi connectivity index (χ1) is 9.35. The van der Waals surface area contributed by atoms with E-state index in [1.807, 2.05) is 18.4 Å². The molecule has 0 spiro atoms.